The molecule has 0 heterocycles. The van der Waals surface area contributed by atoms with Gasteiger partial charge in [0.15, 0.2) is 17.4 Å². The van der Waals surface area contributed by atoms with Gasteiger partial charge >= 0.3 is 6.61 Å². The molecule has 4 rings (SSSR count). The van der Waals surface area contributed by atoms with E-state index in [1.165, 1.54) is 10.9 Å². The Labute approximate surface area is 171 Å². The molecule has 0 aliphatic carbocycles. The van der Waals surface area contributed by atoms with Crippen molar-refractivity contribution in [3.05, 3.63) is 90.0 Å². The summed E-state index contributed by atoms with van der Waals surface area (Å²) in [5, 5.41) is 2.30. The molecule has 0 atom stereocenters. The van der Waals surface area contributed by atoms with E-state index in [0.717, 1.165) is 35.1 Å². The van der Waals surface area contributed by atoms with E-state index in [9.17, 15) is 17.6 Å². The van der Waals surface area contributed by atoms with Gasteiger partial charge in [-0.15, -0.1) is 0 Å². The molecule has 0 unspecified atom stereocenters. The van der Waals surface area contributed by atoms with Crippen molar-refractivity contribution < 1.29 is 22.3 Å². The molecule has 0 bridgehead atoms. The summed E-state index contributed by atoms with van der Waals surface area (Å²) in [6.07, 6.45) is 0.982. The first-order valence-corrected chi connectivity index (χ1v) is 9.52. The van der Waals surface area contributed by atoms with E-state index in [0.29, 0.717) is 5.56 Å². The number of hydrogen-bond donors (Lipinski definition) is 0. The predicted octanol–water partition coefficient (Wildman–Crippen LogP) is 7.62. The zero-order valence-corrected chi connectivity index (χ0v) is 16.1. The Kier molecular flexibility index (Phi) is 5.44. The van der Waals surface area contributed by atoms with E-state index >= 15 is 0 Å². The molecule has 0 radical (unpaired) electrons. The van der Waals surface area contributed by atoms with Crippen molar-refractivity contribution in [2.45, 2.75) is 20.0 Å². The third-order valence-corrected chi connectivity index (χ3v) is 5.07. The molecule has 0 aliphatic rings. The molecule has 4 aromatic rings. The maximum Gasteiger partial charge on any atom is 0.387 e. The van der Waals surface area contributed by atoms with Crippen LogP contribution in [0.4, 0.5) is 17.6 Å². The summed E-state index contributed by atoms with van der Waals surface area (Å²) in [5.41, 5.74) is 4.07. The van der Waals surface area contributed by atoms with Gasteiger partial charge in [0.05, 0.1) is 0 Å². The molecule has 0 spiro atoms. The fourth-order valence-electron chi connectivity index (χ4n) is 3.48. The van der Waals surface area contributed by atoms with E-state index in [4.69, 9.17) is 0 Å². The third kappa shape index (κ3) is 4.01. The molecular weight excluding hydrogens is 392 g/mol. The van der Waals surface area contributed by atoms with Crippen LogP contribution in [-0.4, -0.2) is 6.61 Å². The van der Waals surface area contributed by atoms with Crippen LogP contribution in [0.5, 0.6) is 5.75 Å². The summed E-state index contributed by atoms with van der Waals surface area (Å²) < 4.78 is 56.5. The Bertz CT molecular complexity index is 1180. The van der Waals surface area contributed by atoms with Crippen molar-refractivity contribution >= 4 is 10.8 Å². The van der Waals surface area contributed by atoms with Crippen LogP contribution in [0.2, 0.25) is 0 Å². The van der Waals surface area contributed by atoms with Crippen molar-refractivity contribution in [1.82, 2.24) is 0 Å². The van der Waals surface area contributed by atoms with Crippen molar-refractivity contribution in [3.63, 3.8) is 0 Å². The summed E-state index contributed by atoms with van der Waals surface area (Å²) in [7, 11) is 0. The molecule has 0 saturated heterocycles. The molecular formula is C25H18F4O. The van der Waals surface area contributed by atoms with Crippen LogP contribution in [-0.2, 0) is 6.42 Å². The summed E-state index contributed by atoms with van der Waals surface area (Å²) in [4.78, 5) is 0. The average molecular weight is 410 g/mol. The highest BCUT2D eigenvalue weighted by atomic mass is 19.3. The lowest BCUT2D eigenvalue weighted by Crippen LogP contribution is -2.06. The lowest BCUT2D eigenvalue weighted by molar-refractivity contribution is -0.0546. The fraction of sp³-hybridized carbons (Fsp3) is 0.120. The highest BCUT2D eigenvalue weighted by Gasteiger charge is 2.17. The Hall–Kier alpha value is -3.34. The number of benzene rings is 4. The van der Waals surface area contributed by atoms with Gasteiger partial charge in [-0.3, -0.25) is 0 Å². The van der Waals surface area contributed by atoms with Crippen LogP contribution in [0, 0.1) is 11.6 Å². The fourth-order valence-corrected chi connectivity index (χ4v) is 3.48. The Morgan fingerprint density at radius 1 is 0.667 bits per heavy atom. The second-order valence-corrected chi connectivity index (χ2v) is 6.97. The van der Waals surface area contributed by atoms with E-state index in [-0.39, 0.29) is 5.56 Å². The van der Waals surface area contributed by atoms with E-state index < -0.39 is 24.0 Å². The molecule has 0 aromatic heterocycles. The predicted molar refractivity (Wildman–Crippen MR) is 111 cm³/mol. The first-order chi connectivity index (χ1) is 14.4. The third-order valence-electron chi connectivity index (χ3n) is 5.07. The van der Waals surface area contributed by atoms with Gasteiger partial charge in [0, 0.05) is 0 Å². The molecule has 0 aliphatic heterocycles. The molecule has 4 aromatic carbocycles. The lowest BCUT2D eigenvalue weighted by Gasteiger charge is -2.10. The standard InChI is InChI=1S/C25H18F4O/c1-2-15-3-4-20-12-19(10-9-18(20)11-15)16-5-7-17(8-6-16)21-13-22(26)24(23(27)14-21)30-25(28)29/h3-14,25H,2H2,1H3. The highest BCUT2D eigenvalue weighted by Crippen LogP contribution is 2.32. The smallest absolute Gasteiger partial charge is 0.387 e. The van der Waals surface area contributed by atoms with Crippen molar-refractivity contribution in [2.24, 2.45) is 0 Å². The summed E-state index contributed by atoms with van der Waals surface area (Å²) in [6.45, 7) is -1.18. The van der Waals surface area contributed by atoms with Crippen molar-refractivity contribution in [1.29, 1.82) is 0 Å². The molecule has 0 saturated carbocycles. The zero-order chi connectivity index (χ0) is 21.3. The first-order valence-electron chi connectivity index (χ1n) is 9.52. The minimum atomic E-state index is -3.30. The highest BCUT2D eigenvalue weighted by molar-refractivity contribution is 5.88. The van der Waals surface area contributed by atoms with Crippen LogP contribution in [0.25, 0.3) is 33.0 Å². The number of ether oxygens (including phenoxy) is 1. The van der Waals surface area contributed by atoms with Gasteiger partial charge < -0.3 is 4.74 Å². The van der Waals surface area contributed by atoms with Gasteiger partial charge in [0.25, 0.3) is 0 Å². The van der Waals surface area contributed by atoms with Crippen LogP contribution < -0.4 is 4.74 Å². The minimum Gasteiger partial charge on any atom is -0.429 e. The molecule has 0 amide bonds. The number of hydrogen-bond acceptors (Lipinski definition) is 1. The molecule has 0 N–H and O–H groups in total. The number of alkyl halides is 2. The van der Waals surface area contributed by atoms with Gasteiger partial charge in [0.1, 0.15) is 0 Å². The number of halogens is 4. The van der Waals surface area contributed by atoms with E-state index in [1.807, 2.05) is 18.2 Å². The van der Waals surface area contributed by atoms with Crippen LogP contribution in [0.15, 0.2) is 72.8 Å². The molecule has 152 valence electrons. The maximum atomic E-state index is 14.0. The van der Waals surface area contributed by atoms with Gasteiger partial charge in [-0.1, -0.05) is 61.5 Å². The molecule has 5 heteroatoms. The molecule has 1 nitrogen and oxygen atoms in total. The Balaban J connectivity index is 1.64. The Morgan fingerprint density at radius 2 is 1.20 bits per heavy atom. The average Bonchev–Trinajstić information content (AvgIpc) is 2.75. The largest absolute Gasteiger partial charge is 0.429 e. The van der Waals surface area contributed by atoms with Crippen LogP contribution in [0.1, 0.15) is 12.5 Å². The number of fused-ring (bicyclic) bond motifs is 1. The second kappa shape index (κ2) is 8.19. The molecule has 30 heavy (non-hydrogen) atoms. The normalized spacial score (nSPS) is 11.3. The number of rotatable bonds is 5. The lowest BCUT2D eigenvalue weighted by atomic mass is 9.97. The van der Waals surface area contributed by atoms with Crippen molar-refractivity contribution in [2.75, 3.05) is 0 Å². The number of aryl methyl sites for hydroxylation is 1. The van der Waals surface area contributed by atoms with Crippen LogP contribution >= 0.6 is 0 Å². The summed E-state index contributed by atoms with van der Waals surface area (Å²) in [5.74, 6) is -3.42. The Morgan fingerprint density at radius 3 is 1.80 bits per heavy atom. The quantitative estimate of drug-likeness (QED) is 0.308. The second-order valence-electron chi connectivity index (χ2n) is 6.97. The SMILES string of the molecule is CCc1ccc2cc(-c3ccc(-c4cc(F)c(OC(F)F)c(F)c4)cc3)ccc2c1. The van der Waals surface area contributed by atoms with Gasteiger partial charge in [0.2, 0.25) is 0 Å². The van der Waals surface area contributed by atoms with E-state index in [2.05, 4.69) is 42.0 Å². The van der Waals surface area contributed by atoms with Gasteiger partial charge in [-0.25, -0.2) is 8.78 Å². The monoisotopic (exact) mass is 410 g/mol. The van der Waals surface area contributed by atoms with Crippen molar-refractivity contribution in [3.8, 4) is 28.0 Å². The van der Waals surface area contributed by atoms with Crippen LogP contribution in [0.3, 0.4) is 0 Å². The minimum absolute atomic E-state index is 0.240. The first kappa shape index (κ1) is 20.0. The summed E-state index contributed by atoms with van der Waals surface area (Å²) >= 11 is 0. The van der Waals surface area contributed by atoms with E-state index in [1.54, 1.807) is 12.1 Å². The topological polar surface area (TPSA) is 9.23 Å². The molecule has 0 fully saturated rings. The zero-order valence-electron chi connectivity index (χ0n) is 16.1. The maximum absolute atomic E-state index is 14.0. The van der Waals surface area contributed by atoms with Gasteiger partial charge in [-0.2, -0.15) is 8.78 Å². The van der Waals surface area contributed by atoms with Gasteiger partial charge in [-0.05, 0) is 63.2 Å². The summed E-state index contributed by atoms with van der Waals surface area (Å²) in [6, 6.07) is 21.7.